The minimum atomic E-state index is -0.978. The van der Waals surface area contributed by atoms with Crippen molar-refractivity contribution < 1.29 is 19.4 Å². The van der Waals surface area contributed by atoms with Gasteiger partial charge >= 0.3 is 11.9 Å². The molecule has 0 spiro atoms. The summed E-state index contributed by atoms with van der Waals surface area (Å²) < 4.78 is 6.77. The Morgan fingerprint density at radius 3 is 2.60 bits per heavy atom. The van der Waals surface area contributed by atoms with Crippen LogP contribution in [0.25, 0.3) is 5.69 Å². The average Bonchev–Trinajstić information content (AvgIpc) is 3.34. The lowest BCUT2D eigenvalue weighted by Gasteiger charge is -2.28. The van der Waals surface area contributed by atoms with E-state index in [0.29, 0.717) is 30.2 Å². The highest BCUT2D eigenvalue weighted by Crippen LogP contribution is 2.41. The molecule has 0 saturated carbocycles. The number of hydrogen-bond donors (Lipinski definition) is 2. The van der Waals surface area contributed by atoms with Crippen molar-refractivity contribution in [1.29, 1.82) is 0 Å². The van der Waals surface area contributed by atoms with Crippen LogP contribution in [0.5, 0.6) is 0 Å². The van der Waals surface area contributed by atoms with Gasteiger partial charge in [0.1, 0.15) is 0 Å². The third-order valence-electron chi connectivity index (χ3n) is 6.37. The van der Waals surface area contributed by atoms with Crippen molar-refractivity contribution in [3.05, 3.63) is 82.9 Å². The number of esters is 1. The zero-order valence-electron chi connectivity index (χ0n) is 19.9. The number of carboxylic acid groups (broad SMARTS) is 1. The van der Waals surface area contributed by atoms with Gasteiger partial charge in [0.25, 0.3) is 0 Å². The number of thiocarbonyl (C=S) groups is 1. The molecule has 2 N–H and O–H groups in total. The highest BCUT2D eigenvalue weighted by Gasteiger charge is 2.41. The fourth-order valence-electron chi connectivity index (χ4n) is 4.79. The van der Waals surface area contributed by atoms with Gasteiger partial charge in [0.15, 0.2) is 5.11 Å². The molecule has 1 fully saturated rings. The molecule has 0 bridgehead atoms. The molecule has 1 saturated heterocycles. The summed E-state index contributed by atoms with van der Waals surface area (Å²) in [6.45, 7) is 4.52. The predicted molar refractivity (Wildman–Crippen MR) is 136 cm³/mol. The first kappa shape index (κ1) is 24.4. The topological polar surface area (TPSA) is 96.7 Å². The lowest BCUT2D eigenvalue weighted by Crippen LogP contribution is -2.31. The summed E-state index contributed by atoms with van der Waals surface area (Å²) in [6.07, 6.45) is 2.63. The van der Waals surface area contributed by atoms with E-state index in [9.17, 15) is 14.7 Å². The first-order chi connectivity index (χ1) is 16.8. The number of aromatic nitrogens is 2. The summed E-state index contributed by atoms with van der Waals surface area (Å²) in [5, 5.41) is 13.8. The number of hydrogen-bond acceptors (Lipinski definition) is 5. The van der Waals surface area contributed by atoms with Gasteiger partial charge in [0.2, 0.25) is 0 Å². The van der Waals surface area contributed by atoms with E-state index in [-0.39, 0.29) is 23.6 Å². The molecule has 0 unspecified atom stereocenters. The third-order valence-corrected chi connectivity index (χ3v) is 6.72. The minimum Gasteiger partial charge on any atom is -0.478 e. The van der Waals surface area contributed by atoms with Gasteiger partial charge in [-0.15, -0.1) is 0 Å². The summed E-state index contributed by atoms with van der Waals surface area (Å²) in [4.78, 5) is 30.3. The van der Waals surface area contributed by atoms with Crippen LogP contribution in [-0.2, 0) is 9.53 Å². The Balaban J connectivity index is 1.79. The van der Waals surface area contributed by atoms with Gasteiger partial charge in [-0.2, -0.15) is 0 Å². The number of nitrogens with zero attached hydrogens (tertiary/aromatic N) is 3. The van der Waals surface area contributed by atoms with Gasteiger partial charge in [0, 0.05) is 30.6 Å². The number of aryl methyl sites for hydroxylation is 1. The number of ether oxygens (including phenoxy) is 1. The van der Waals surface area contributed by atoms with E-state index in [0.717, 1.165) is 22.6 Å². The monoisotopic (exact) mass is 492 g/mol. The SMILES string of the molecule is COC(=O)CCCN1C(=S)N[C@@H](c2ccccn2)[C@H]1c1cc(C)n(-c2ccccc2C(=O)O)c1C. The van der Waals surface area contributed by atoms with E-state index in [1.165, 1.54) is 7.11 Å². The number of para-hydroxylation sites is 1. The Bertz CT molecular complexity index is 1260. The van der Waals surface area contributed by atoms with Gasteiger partial charge in [-0.05, 0) is 68.4 Å². The Labute approximate surface area is 209 Å². The maximum absolute atomic E-state index is 11.9. The average molecular weight is 493 g/mol. The molecular weight excluding hydrogens is 464 g/mol. The molecule has 0 aliphatic carbocycles. The van der Waals surface area contributed by atoms with Crippen LogP contribution in [0.2, 0.25) is 0 Å². The number of aromatic carboxylic acids is 1. The van der Waals surface area contributed by atoms with Crippen molar-refractivity contribution in [3.8, 4) is 5.69 Å². The molecule has 8 nitrogen and oxygen atoms in total. The second kappa shape index (κ2) is 10.3. The zero-order valence-corrected chi connectivity index (χ0v) is 20.7. The summed E-state index contributed by atoms with van der Waals surface area (Å²) in [5.41, 5.74) is 4.55. The smallest absolute Gasteiger partial charge is 0.337 e. The van der Waals surface area contributed by atoms with Gasteiger partial charge in [-0.25, -0.2) is 4.79 Å². The second-order valence-corrected chi connectivity index (χ2v) is 8.87. The van der Waals surface area contributed by atoms with Crippen molar-refractivity contribution in [3.63, 3.8) is 0 Å². The number of nitrogens with one attached hydrogen (secondary N) is 1. The maximum Gasteiger partial charge on any atom is 0.337 e. The van der Waals surface area contributed by atoms with E-state index in [1.807, 2.05) is 48.7 Å². The molecule has 2 aromatic heterocycles. The number of methoxy groups -OCH3 is 1. The molecule has 0 radical (unpaired) electrons. The van der Waals surface area contributed by atoms with Gasteiger partial charge in [0.05, 0.1) is 36.1 Å². The molecule has 3 aromatic rings. The lowest BCUT2D eigenvalue weighted by molar-refractivity contribution is -0.140. The Hall–Kier alpha value is -3.72. The molecule has 4 rings (SSSR count). The fraction of sp³-hybridized carbons (Fsp3) is 0.308. The van der Waals surface area contributed by atoms with Gasteiger partial charge in [-0.3, -0.25) is 9.78 Å². The molecular formula is C26H28N4O4S. The van der Waals surface area contributed by atoms with E-state index in [1.54, 1.807) is 18.3 Å². The largest absolute Gasteiger partial charge is 0.478 e. The van der Waals surface area contributed by atoms with Crippen LogP contribution >= 0.6 is 12.2 Å². The van der Waals surface area contributed by atoms with Crippen LogP contribution in [-0.4, -0.2) is 50.3 Å². The van der Waals surface area contributed by atoms with Crippen molar-refractivity contribution in [1.82, 2.24) is 19.8 Å². The molecule has 2 atom stereocenters. The molecule has 3 heterocycles. The van der Waals surface area contributed by atoms with E-state index in [4.69, 9.17) is 17.0 Å². The summed E-state index contributed by atoms with van der Waals surface area (Å²) in [6, 6.07) is 14.4. The quantitative estimate of drug-likeness (QED) is 0.358. The van der Waals surface area contributed by atoms with Crippen LogP contribution in [0.3, 0.4) is 0 Å². The van der Waals surface area contributed by atoms with Crippen molar-refractivity contribution >= 4 is 29.3 Å². The highest BCUT2D eigenvalue weighted by molar-refractivity contribution is 7.80. The van der Waals surface area contributed by atoms with Gasteiger partial charge < -0.3 is 24.6 Å². The number of pyridine rings is 1. The van der Waals surface area contributed by atoms with Crippen LogP contribution in [0.15, 0.2) is 54.7 Å². The zero-order chi connectivity index (χ0) is 25.1. The molecule has 0 amide bonds. The number of carboxylic acids is 1. The normalized spacial score (nSPS) is 17.3. The molecule has 1 aromatic carbocycles. The van der Waals surface area contributed by atoms with Crippen molar-refractivity contribution in [2.75, 3.05) is 13.7 Å². The van der Waals surface area contributed by atoms with E-state index >= 15 is 0 Å². The van der Waals surface area contributed by atoms with E-state index in [2.05, 4.69) is 21.3 Å². The highest BCUT2D eigenvalue weighted by atomic mass is 32.1. The Morgan fingerprint density at radius 2 is 1.91 bits per heavy atom. The second-order valence-electron chi connectivity index (χ2n) is 8.48. The number of carbonyl (C=O) groups excluding carboxylic acids is 1. The van der Waals surface area contributed by atoms with E-state index < -0.39 is 5.97 Å². The summed E-state index contributed by atoms with van der Waals surface area (Å²) >= 11 is 5.72. The summed E-state index contributed by atoms with van der Waals surface area (Å²) in [7, 11) is 1.38. The van der Waals surface area contributed by atoms with Crippen LogP contribution in [0, 0.1) is 13.8 Å². The van der Waals surface area contributed by atoms with Crippen molar-refractivity contribution in [2.24, 2.45) is 0 Å². The molecule has 9 heteroatoms. The van der Waals surface area contributed by atoms with Crippen LogP contribution in [0.4, 0.5) is 0 Å². The number of rotatable bonds is 8. The van der Waals surface area contributed by atoms with Crippen LogP contribution in [0.1, 0.15) is 57.9 Å². The Kier molecular flexibility index (Phi) is 7.16. The first-order valence-electron chi connectivity index (χ1n) is 11.4. The number of carbonyl (C=O) groups is 2. The lowest BCUT2D eigenvalue weighted by atomic mass is 9.96. The fourth-order valence-corrected chi connectivity index (χ4v) is 5.12. The maximum atomic E-state index is 11.9. The van der Waals surface area contributed by atoms with Crippen LogP contribution < -0.4 is 5.32 Å². The first-order valence-corrected chi connectivity index (χ1v) is 11.8. The number of benzene rings is 1. The summed E-state index contributed by atoms with van der Waals surface area (Å²) in [5.74, 6) is -1.24. The standard InChI is InChI=1S/C26H28N4O4S/c1-16-15-19(17(2)30(16)21-11-5-4-9-18(21)25(32)33)24-23(20-10-6-7-13-27-20)28-26(35)29(24)14-8-12-22(31)34-3/h4-7,9-11,13,15,23-24H,8,12,14H2,1-3H3,(H,28,35)(H,32,33)/t23-,24+/m0/s1. The molecule has 35 heavy (non-hydrogen) atoms. The minimum absolute atomic E-state index is 0.188. The molecule has 1 aliphatic rings. The third kappa shape index (κ3) is 4.77. The van der Waals surface area contributed by atoms with Crippen molar-refractivity contribution in [2.45, 2.75) is 38.8 Å². The molecule has 182 valence electrons. The predicted octanol–water partition coefficient (Wildman–Crippen LogP) is 4.11. The van der Waals surface area contributed by atoms with Gasteiger partial charge in [-0.1, -0.05) is 18.2 Å². The molecule has 1 aliphatic heterocycles. The Morgan fingerprint density at radius 1 is 1.17 bits per heavy atom.